The van der Waals surface area contributed by atoms with Crippen LogP contribution in [0.5, 0.6) is 0 Å². The van der Waals surface area contributed by atoms with Crippen LogP contribution in [0.4, 0.5) is 0 Å². The van der Waals surface area contributed by atoms with Crippen molar-refractivity contribution >= 4 is 5.91 Å². The van der Waals surface area contributed by atoms with Crippen LogP contribution in [0, 0.1) is 5.92 Å². The highest BCUT2D eigenvalue weighted by Crippen LogP contribution is 2.23. The molecular weight excluding hydrogens is 164 g/mol. The highest BCUT2D eigenvalue weighted by molar-refractivity contribution is 5.77. The summed E-state index contributed by atoms with van der Waals surface area (Å²) >= 11 is 0. The van der Waals surface area contributed by atoms with Crippen molar-refractivity contribution in [2.24, 2.45) is 11.7 Å². The van der Waals surface area contributed by atoms with Crippen LogP contribution in [0.3, 0.4) is 0 Å². The predicted octanol–water partition coefficient (Wildman–Crippen LogP) is 0.672. The Morgan fingerprint density at radius 1 is 1.62 bits per heavy atom. The second-order valence-corrected chi connectivity index (χ2v) is 3.45. The van der Waals surface area contributed by atoms with Crippen LogP contribution in [0.1, 0.15) is 17.7 Å². The molecular formula is C10H12N2O. The molecule has 0 spiro atoms. The van der Waals surface area contributed by atoms with Crippen LogP contribution in [0.15, 0.2) is 18.3 Å². The van der Waals surface area contributed by atoms with E-state index in [-0.39, 0.29) is 11.8 Å². The molecule has 1 unspecified atom stereocenters. The molecule has 0 saturated carbocycles. The van der Waals surface area contributed by atoms with Crippen LogP contribution >= 0.6 is 0 Å². The number of hydrogen-bond donors (Lipinski definition) is 1. The van der Waals surface area contributed by atoms with E-state index in [2.05, 4.69) is 4.98 Å². The summed E-state index contributed by atoms with van der Waals surface area (Å²) < 4.78 is 0. The molecule has 1 heterocycles. The van der Waals surface area contributed by atoms with Crippen molar-refractivity contribution in [1.29, 1.82) is 0 Å². The van der Waals surface area contributed by atoms with Crippen LogP contribution in [-0.4, -0.2) is 10.9 Å². The molecule has 3 heteroatoms. The molecule has 2 N–H and O–H groups in total. The molecule has 0 radical (unpaired) electrons. The molecule has 1 amide bonds. The topological polar surface area (TPSA) is 56.0 Å². The van der Waals surface area contributed by atoms with Gasteiger partial charge in [0.05, 0.1) is 0 Å². The molecule has 13 heavy (non-hydrogen) atoms. The van der Waals surface area contributed by atoms with Crippen LogP contribution in [0.2, 0.25) is 0 Å². The number of amides is 1. The van der Waals surface area contributed by atoms with Gasteiger partial charge in [0.1, 0.15) is 0 Å². The number of pyridine rings is 1. The Balaban J connectivity index is 2.24. The summed E-state index contributed by atoms with van der Waals surface area (Å²) in [5.74, 6) is -0.175. The Bertz CT molecular complexity index is 335. The van der Waals surface area contributed by atoms with Gasteiger partial charge in [-0.2, -0.15) is 0 Å². The van der Waals surface area contributed by atoms with Gasteiger partial charge >= 0.3 is 0 Å². The maximum Gasteiger partial charge on any atom is 0.220 e. The third kappa shape index (κ3) is 1.54. The third-order valence-corrected chi connectivity index (χ3v) is 2.58. The van der Waals surface area contributed by atoms with E-state index in [1.165, 1.54) is 5.56 Å². The molecule has 0 bridgehead atoms. The number of fused-ring (bicyclic) bond motifs is 1. The Hall–Kier alpha value is -1.38. The summed E-state index contributed by atoms with van der Waals surface area (Å²) in [6.45, 7) is 0. The number of aryl methyl sites for hydroxylation is 1. The minimum absolute atomic E-state index is 0.0108. The molecule has 0 aliphatic heterocycles. The lowest BCUT2D eigenvalue weighted by atomic mass is 9.86. The van der Waals surface area contributed by atoms with Gasteiger partial charge in [-0.3, -0.25) is 9.78 Å². The van der Waals surface area contributed by atoms with Gasteiger partial charge in [0.25, 0.3) is 0 Å². The number of hydrogen-bond acceptors (Lipinski definition) is 2. The standard InChI is InChI=1S/C10H12N2O/c11-10(13)8-3-4-9-7(6-8)2-1-5-12-9/h1-2,5,8H,3-4,6H2,(H2,11,13). The average molecular weight is 176 g/mol. The molecule has 68 valence electrons. The SMILES string of the molecule is NC(=O)C1CCc2ncccc2C1. The van der Waals surface area contributed by atoms with E-state index in [1.54, 1.807) is 6.20 Å². The van der Waals surface area contributed by atoms with Gasteiger partial charge in [0, 0.05) is 17.8 Å². The average Bonchev–Trinajstić information content (AvgIpc) is 2.17. The summed E-state index contributed by atoms with van der Waals surface area (Å²) in [7, 11) is 0. The molecule has 0 aromatic carbocycles. The summed E-state index contributed by atoms with van der Waals surface area (Å²) in [5, 5.41) is 0. The van der Waals surface area contributed by atoms with E-state index in [1.807, 2.05) is 12.1 Å². The molecule has 2 rings (SSSR count). The van der Waals surface area contributed by atoms with Crippen molar-refractivity contribution < 1.29 is 4.79 Å². The van der Waals surface area contributed by atoms with Gasteiger partial charge in [-0.25, -0.2) is 0 Å². The zero-order valence-electron chi connectivity index (χ0n) is 7.36. The number of aromatic nitrogens is 1. The molecule has 3 nitrogen and oxygen atoms in total. The smallest absolute Gasteiger partial charge is 0.220 e. The fourth-order valence-electron chi connectivity index (χ4n) is 1.80. The zero-order chi connectivity index (χ0) is 9.26. The number of rotatable bonds is 1. The number of nitrogens with two attached hydrogens (primary N) is 1. The highest BCUT2D eigenvalue weighted by Gasteiger charge is 2.22. The first-order valence-electron chi connectivity index (χ1n) is 4.49. The van der Waals surface area contributed by atoms with Crippen molar-refractivity contribution in [2.45, 2.75) is 19.3 Å². The largest absolute Gasteiger partial charge is 0.369 e. The minimum atomic E-state index is -0.186. The lowest BCUT2D eigenvalue weighted by molar-refractivity contribution is -0.122. The maximum atomic E-state index is 11.0. The van der Waals surface area contributed by atoms with Crippen LogP contribution in [0.25, 0.3) is 0 Å². The van der Waals surface area contributed by atoms with Gasteiger partial charge in [0.2, 0.25) is 5.91 Å². The Labute approximate surface area is 77.0 Å². The number of primary amides is 1. The van der Waals surface area contributed by atoms with Crippen molar-refractivity contribution in [2.75, 3.05) is 0 Å². The fraction of sp³-hybridized carbons (Fsp3) is 0.400. The van der Waals surface area contributed by atoms with E-state index >= 15 is 0 Å². The van der Waals surface area contributed by atoms with E-state index in [9.17, 15) is 4.79 Å². The molecule has 0 fully saturated rings. The van der Waals surface area contributed by atoms with Gasteiger partial charge in [0.15, 0.2) is 0 Å². The van der Waals surface area contributed by atoms with E-state index in [4.69, 9.17) is 5.73 Å². The van der Waals surface area contributed by atoms with Gasteiger partial charge in [-0.1, -0.05) is 6.07 Å². The van der Waals surface area contributed by atoms with E-state index in [0.717, 1.165) is 25.0 Å². The summed E-state index contributed by atoms with van der Waals surface area (Å²) in [6, 6.07) is 3.93. The quantitative estimate of drug-likeness (QED) is 0.683. The molecule has 1 aromatic rings. The van der Waals surface area contributed by atoms with Crippen molar-refractivity contribution in [1.82, 2.24) is 4.98 Å². The zero-order valence-corrected chi connectivity index (χ0v) is 7.36. The second kappa shape index (κ2) is 3.17. The summed E-state index contributed by atoms with van der Waals surface area (Å²) in [4.78, 5) is 15.2. The van der Waals surface area contributed by atoms with Crippen molar-refractivity contribution in [3.05, 3.63) is 29.6 Å². The Kier molecular flexibility index (Phi) is 2.00. The van der Waals surface area contributed by atoms with Crippen molar-refractivity contribution in [3.8, 4) is 0 Å². The second-order valence-electron chi connectivity index (χ2n) is 3.45. The van der Waals surface area contributed by atoms with Crippen LogP contribution in [-0.2, 0) is 17.6 Å². The predicted molar refractivity (Wildman–Crippen MR) is 48.9 cm³/mol. The first kappa shape index (κ1) is 8.23. The van der Waals surface area contributed by atoms with Gasteiger partial charge in [-0.05, 0) is 30.9 Å². The lowest BCUT2D eigenvalue weighted by Gasteiger charge is -2.20. The summed E-state index contributed by atoms with van der Waals surface area (Å²) in [5.41, 5.74) is 7.57. The first-order valence-corrected chi connectivity index (χ1v) is 4.49. The molecule has 1 aliphatic rings. The Morgan fingerprint density at radius 3 is 3.23 bits per heavy atom. The normalized spacial score (nSPS) is 20.8. The number of carbonyl (C=O) groups excluding carboxylic acids is 1. The van der Waals surface area contributed by atoms with E-state index in [0.29, 0.717) is 0 Å². The molecule has 1 aliphatic carbocycles. The fourth-order valence-corrected chi connectivity index (χ4v) is 1.80. The lowest BCUT2D eigenvalue weighted by Crippen LogP contribution is -2.28. The number of nitrogens with zero attached hydrogens (tertiary/aromatic N) is 1. The van der Waals surface area contributed by atoms with Gasteiger partial charge in [-0.15, -0.1) is 0 Å². The monoisotopic (exact) mass is 176 g/mol. The van der Waals surface area contributed by atoms with Gasteiger partial charge < -0.3 is 5.73 Å². The minimum Gasteiger partial charge on any atom is -0.369 e. The maximum absolute atomic E-state index is 11.0. The molecule has 1 aromatic heterocycles. The molecule has 1 atom stereocenters. The van der Waals surface area contributed by atoms with Crippen LogP contribution < -0.4 is 5.73 Å². The first-order chi connectivity index (χ1) is 6.27. The number of carbonyl (C=O) groups is 1. The van der Waals surface area contributed by atoms with Crippen molar-refractivity contribution in [3.63, 3.8) is 0 Å². The van der Waals surface area contributed by atoms with E-state index < -0.39 is 0 Å². The molecule has 0 saturated heterocycles. The Morgan fingerprint density at radius 2 is 2.46 bits per heavy atom. The highest BCUT2D eigenvalue weighted by atomic mass is 16.1. The third-order valence-electron chi connectivity index (χ3n) is 2.58. The summed E-state index contributed by atoms with van der Waals surface area (Å²) in [6.07, 6.45) is 4.28.